The van der Waals surface area contributed by atoms with Gasteiger partial charge >= 0.3 is 0 Å². The minimum absolute atomic E-state index is 0.0459. The van der Waals surface area contributed by atoms with Crippen molar-refractivity contribution in [3.05, 3.63) is 65.5 Å². The monoisotopic (exact) mass is 392 g/mol. The number of pyridine rings is 1. The average molecular weight is 392 g/mol. The lowest BCUT2D eigenvalue weighted by atomic mass is 9.91. The predicted octanol–water partition coefficient (Wildman–Crippen LogP) is 1.39. The molecule has 3 heterocycles. The zero-order valence-corrected chi connectivity index (χ0v) is 16.4. The maximum atomic E-state index is 12.6. The standard InChI is InChI=1S/C22H24N4O3/c1-22(24-19(27)10-9-17-7-4-5-11-23-17)14-26(15-22)20(28)13-25-12-16-6-2-3-8-18(16)21(25)29/h2-8,11H,9-10,12-15H2,1H3,(H,24,27). The van der Waals surface area contributed by atoms with Crippen LogP contribution in [0, 0.1) is 0 Å². The number of benzene rings is 1. The van der Waals surface area contributed by atoms with E-state index in [2.05, 4.69) is 10.3 Å². The number of carbonyl (C=O) groups excluding carboxylic acids is 3. The Morgan fingerprint density at radius 3 is 2.62 bits per heavy atom. The molecule has 150 valence electrons. The molecule has 2 aliphatic heterocycles. The fourth-order valence-corrected chi connectivity index (χ4v) is 3.94. The van der Waals surface area contributed by atoms with Crippen molar-refractivity contribution in [3.8, 4) is 0 Å². The Morgan fingerprint density at radius 1 is 1.14 bits per heavy atom. The molecule has 0 spiro atoms. The van der Waals surface area contributed by atoms with Crippen LogP contribution >= 0.6 is 0 Å². The molecule has 3 amide bonds. The molecule has 1 aromatic heterocycles. The highest BCUT2D eigenvalue weighted by Gasteiger charge is 2.43. The van der Waals surface area contributed by atoms with E-state index in [1.165, 1.54) is 0 Å². The van der Waals surface area contributed by atoms with Gasteiger partial charge in [-0.25, -0.2) is 0 Å². The summed E-state index contributed by atoms with van der Waals surface area (Å²) in [5.41, 5.74) is 2.09. The molecule has 1 fully saturated rings. The van der Waals surface area contributed by atoms with Gasteiger partial charge in [-0.05, 0) is 37.1 Å². The molecule has 0 atom stereocenters. The topological polar surface area (TPSA) is 82.6 Å². The molecule has 2 aliphatic rings. The zero-order valence-electron chi connectivity index (χ0n) is 16.4. The van der Waals surface area contributed by atoms with E-state index in [-0.39, 0.29) is 24.3 Å². The maximum Gasteiger partial charge on any atom is 0.254 e. The maximum absolute atomic E-state index is 12.6. The average Bonchev–Trinajstić information content (AvgIpc) is 3.01. The zero-order chi connectivity index (χ0) is 20.4. The Balaban J connectivity index is 1.23. The van der Waals surface area contributed by atoms with Gasteiger partial charge in [-0.2, -0.15) is 0 Å². The van der Waals surface area contributed by atoms with Crippen LogP contribution in [-0.4, -0.2) is 57.7 Å². The van der Waals surface area contributed by atoms with E-state index in [0.717, 1.165) is 11.3 Å². The number of likely N-dealkylation sites (tertiary alicyclic amines) is 1. The quantitative estimate of drug-likeness (QED) is 0.805. The third-order valence-corrected chi connectivity index (χ3v) is 5.43. The van der Waals surface area contributed by atoms with Crippen molar-refractivity contribution in [1.29, 1.82) is 0 Å². The first-order valence-corrected chi connectivity index (χ1v) is 9.79. The molecule has 29 heavy (non-hydrogen) atoms. The van der Waals surface area contributed by atoms with Gasteiger partial charge in [-0.1, -0.05) is 24.3 Å². The second-order valence-electron chi connectivity index (χ2n) is 8.00. The highest BCUT2D eigenvalue weighted by Crippen LogP contribution is 2.24. The molecule has 7 heteroatoms. The van der Waals surface area contributed by atoms with Crippen LogP contribution in [0.15, 0.2) is 48.7 Å². The van der Waals surface area contributed by atoms with E-state index < -0.39 is 5.54 Å². The largest absolute Gasteiger partial charge is 0.347 e. The van der Waals surface area contributed by atoms with Crippen LogP contribution in [0.5, 0.6) is 0 Å². The van der Waals surface area contributed by atoms with E-state index >= 15 is 0 Å². The van der Waals surface area contributed by atoms with Crippen LogP contribution in [0.25, 0.3) is 0 Å². The van der Waals surface area contributed by atoms with Crippen molar-refractivity contribution in [2.45, 2.75) is 31.8 Å². The molecule has 1 aromatic carbocycles. The summed E-state index contributed by atoms with van der Waals surface area (Å²) in [6, 6.07) is 13.1. The lowest BCUT2D eigenvalue weighted by molar-refractivity contribution is -0.142. The minimum Gasteiger partial charge on any atom is -0.347 e. The SMILES string of the molecule is CC1(NC(=O)CCc2ccccn2)CN(C(=O)CN2Cc3ccccc3C2=O)C1. The highest BCUT2D eigenvalue weighted by molar-refractivity contribution is 6.00. The number of aromatic nitrogens is 1. The third kappa shape index (κ3) is 4.13. The first kappa shape index (κ1) is 19.1. The van der Waals surface area contributed by atoms with Crippen LogP contribution in [0.1, 0.15) is 35.0 Å². The molecule has 0 saturated carbocycles. The number of carbonyl (C=O) groups is 3. The smallest absolute Gasteiger partial charge is 0.254 e. The van der Waals surface area contributed by atoms with Gasteiger partial charge in [0.25, 0.3) is 5.91 Å². The molecule has 4 rings (SSSR count). The number of nitrogens with one attached hydrogen (secondary N) is 1. The minimum atomic E-state index is -0.422. The number of hydrogen-bond donors (Lipinski definition) is 1. The predicted molar refractivity (Wildman–Crippen MR) is 107 cm³/mol. The molecule has 0 radical (unpaired) electrons. The summed E-state index contributed by atoms with van der Waals surface area (Å²) in [4.78, 5) is 44.7. The Bertz CT molecular complexity index is 938. The summed E-state index contributed by atoms with van der Waals surface area (Å²) >= 11 is 0. The fourth-order valence-electron chi connectivity index (χ4n) is 3.94. The summed E-state index contributed by atoms with van der Waals surface area (Å²) in [5, 5.41) is 3.02. The van der Waals surface area contributed by atoms with Crippen LogP contribution in [0.3, 0.4) is 0 Å². The van der Waals surface area contributed by atoms with Gasteiger partial charge in [0.2, 0.25) is 11.8 Å². The molecule has 0 aliphatic carbocycles. The molecule has 1 saturated heterocycles. The van der Waals surface area contributed by atoms with Gasteiger partial charge in [0.05, 0.1) is 5.54 Å². The first-order chi connectivity index (χ1) is 13.9. The van der Waals surface area contributed by atoms with Crippen molar-refractivity contribution >= 4 is 17.7 Å². The molecule has 0 bridgehead atoms. The molecular formula is C22H24N4O3. The van der Waals surface area contributed by atoms with Gasteiger partial charge < -0.3 is 15.1 Å². The Kier molecular flexibility index (Phi) is 5.05. The molecule has 7 nitrogen and oxygen atoms in total. The van der Waals surface area contributed by atoms with Crippen LogP contribution in [0.2, 0.25) is 0 Å². The van der Waals surface area contributed by atoms with E-state index in [9.17, 15) is 14.4 Å². The molecule has 2 aromatic rings. The number of rotatable bonds is 6. The summed E-state index contributed by atoms with van der Waals surface area (Å²) in [6.45, 7) is 3.38. The van der Waals surface area contributed by atoms with Crippen LogP contribution < -0.4 is 5.32 Å². The lowest BCUT2D eigenvalue weighted by Gasteiger charge is -2.48. The van der Waals surface area contributed by atoms with E-state index in [0.29, 0.717) is 38.0 Å². The third-order valence-electron chi connectivity index (χ3n) is 5.43. The lowest BCUT2D eigenvalue weighted by Crippen LogP contribution is -2.70. The fraction of sp³-hybridized carbons (Fsp3) is 0.364. The normalized spacial score (nSPS) is 16.9. The van der Waals surface area contributed by atoms with E-state index in [1.54, 1.807) is 22.1 Å². The summed E-state index contributed by atoms with van der Waals surface area (Å²) in [7, 11) is 0. The highest BCUT2D eigenvalue weighted by atomic mass is 16.2. The molecular weight excluding hydrogens is 368 g/mol. The van der Waals surface area contributed by atoms with Crippen molar-refractivity contribution in [3.63, 3.8) is 0 Å². The molecule has 1 N–H and O–H groups in total. The number of aryl methyl sites for hydroxylation is 1. The Morgan fingerprint density at radius 2 is 1.90 bits per heavy atom. The summed E-state index contributed by atoms with van der Waals surface area (Å²) in [5.74, 6) is -0.234. The van der Waals surface area contributed by atoms with Gasteiger partial charge in [-0.3, -0.25) is 19.4 Å². The van der Waals surface area contributed by atoms with Crippen molar-refractivity contribution in [1.82, 2.24) is 20.1 Å². The van der Waals surface area contributed by atoms with Gasteiger partial charge in [0.1, 0.15) is 6.54 Å². The number of amides is 3. The first-order valence-electron chi connectivity index (χ1n) is 9.79. The van der Waals surface area contributed by atoms with Gasteiger partial charge in [0.15, 0.2) is 0 Å². The van der Waals surface area contributed by atoms with E-state index in [1.807, 2.05) is 43.3 Å². The van der Waals surface area contributed by atoms with Crippen molar-refractivity contribution in [2.24, 2.45) is 0 Å². The van der Waals surface area contributed by atoms with Gasteiger partial charge in [-0.15, -0.1) is 0 Å². The van der Waals surface area contributed by atoms with Crippen LogP contribution in [-0.2, 0) is 22.6 Å². The van der Waals surface area contributed by atoms with Gasteiger partial charge in [0, 0.05) is 43.5 Å². The summed E-state index contributed by atoms with van der Waals surface area (Å²) in [6.07, 6.45) is 2.66. The Hall–Kier alpha value is -3.22. The number of nitrogens with zero attached hydrogens (tertiary/aromatic N) is 3. The second kappa shape index (κ2) is 7.66. The van der Waals surface area contributed by atoms with Crippen LogP contribution in [0.4, 0.5) is 0 Å². The number of hydrogen-bond acceptors (Lipinski definition) is 4. The number of fused-ring (bicyclic) bond motifs is 1. The van der Waals surface area contributed by atoms with E-state index in [4.69, 9.17) is 0 Å². The van der Waals surface area contributed by atoms with Crippen molar-refractivity contribution < 1.29 is 14.4 Å². The summed E-state index contributed by atoms with van der Waals surface area (Å²) < 4.78 is 0. The van der Waals surface area contributed by atoms with Crippen molar-refractivity contribution in [2.75, 3.05) is 19.6 Å². The second-order valence-corrected chi connectivity index (χ2v) is 8.00. The molecule has 0 unspecified atom stereocenters. The Labute approximate surface area is 169 Å².